The van der Waals surface area contributed by atoms with Gasteiger partial charge < -0.3 is 9.72 Å². The van der Waals surface area contributed by atoms with Gasteiger partial charge in [-0.05, 0) is 43.7 Å². The Kier molecular flexibility index (Phi) is 5.41. The number of anilines is 1. The first-order valence-corrected chi connectivity index (χ1v) is 10.2. The molecule has 9 heteroatoms. The van der Waals surface area contributed by atoms with Crippen LogP contribution in [-0.2, 0) is 10.0 Å². The molecule has 1 aromatic carbocycles. The maximum atomic E-state index is 12.3. The molecule has 3 rings (SSSR count). The standard InChI is InChI=1S/C18H20N4O4S/c1-3-10-27(24,25)22-12-7-8-15(26-4-2)13(11-12)17-20-14-6-5-9-19-16(14)18(23)21-17/h5-9,11,22H,3-4,10H2,1-2H3,(H,20,21,23). The zero-order valence-electron chi connectivity index (χ0n) is 15.0. The average Bonchev–Trinajstić information content (AvgIpc) is 2.63. The summed E-state index contributed by atoms with van der Waals surface area (Å²) in [7, 11) is -3.44. The molecule has 0 aliphatic heterocycles. The fourth-order valence-electron chi connectivity index (χ4n) is 2.66. The summed E-state index contributed by atoms with van der Waals surface area (Å²) >= 11 is 0. The second-order valence-electron chi connectivity index (χ2n) is 5.85. The van der Waals surface area contributed by atoms with Crippen molar-refractivity contribution in [1.29, 1.82) is 0 Å². The van der Waals surface area contributed by atoms with E-state index in [9.17, 15) is 13.2 Å². The molecule has 0 saturated heterocycles. The number of hydrogen-bond donors (Lipinski definition) is 2. The van der Waals surface area contributed by atoms with E-state index in [0.29, 0.717) is 35.5 Å². The van der Waals surface area contributed by atoms with E-state index in [-0.39, 0.29) is 22.7 Å². The van der Waals surface area contributed by atoms with E-state index >= 15 is 0 Å². The molecule has 3 aromatic rings. The highest BCUT2D eigenvalue weighted by Crippen LogP contribution is 2.31. The minimum absolute atomic E-state index is 0.0201. The molecule has 0 bridgehead atoms. The number of benzene rings is 1. The molecule has 0 amide bonds. The Balaban J connectivity index is 2.12. The molecule has 142 valence electrons. The molecular weight excluding hydrogens is 368 g/mol. The van der Waals surface area contributed by atoms with Crippen molar-refractivity contribution in [2.75, 3.05) is 17.1 Å². The van der Waals surface area contributed by atoms with Gasteiger partial charge >= 0.3 is 0 Å². The van der Waals surface area contributed by atoms with Crippen LogP contribution in [-0.4, -0.2) is 35.7 Å². The van der Waals surface area contributed by atoms with Crippen molar-refractivity contribution >= 4 is 26.7 Å². The second-order valence-corrected chi connectivity index (χ2v) is 7.69. The van der Waals surface area contributed by atoms with Crippen LogP contribution in [0.1, 0.15) is 20.3 Å². The van der Waals surface area contributed by atoms with Gasteiger partial charge in [-0.15, -0.1) is 0 Å². The average molecular weight is 388 g/mol. The molecule has 0 unspecified atom stereocenters. The third-order valence-electron chi connectivity index (χ3n) is 3.75. The van der Waals surface area contributed by atoms with Crippen molar-refractivity contribution in [3.8, 4) is 17.1 Å². The van der Waals surface area contributed by atoms with Gasteiger partial charge in [-0.1, -0.05) is 6.92 Å². The molecule has 0 atom stereocenters. The summed E-state index contributed by atoms with van der Waals surface area (Å²) in [6.45, 7) is 4.04. The molecule has 0 saturated carbocycles. The van der Waals surface area contributed by atoms with E-state index in [0.717, 1.165) is 0 Å². The van der Waals surface area contributed by atoms with E-state index in [2.05, 4.69) is 19.7 Å². The highest BCUT2D eigenvalue weighted by Gasteiger charge is 2.15. The first kappa shape index (κ1) is 18.8. The van der Waals surface area contributed by atoms with Gasteiger partial charge in [0.25, 0.3) is 5.56 Å². The fourth-order valence-corrected chi connectivity index (χ4v) is 3.79. The van der Waals surface area contributed by atoms with Crippen LogP contribution < -0.4 is 15.0 Å². The summed E-state index contributed by atoms with van der Waals surface area (Å²) in [5.41, 5.74) is 1.15. The first-order chi connectivity index (χ1) is 12.9. The summed E-state index contributed by atoms with van der Waals surface area (Å²) in [4.78, 5) is 23.5. The lowest BCUT2D eigenvalue weighted by Crippen LogP contribution is -2.16. The lowest BCUT2D eigenvalue weighted by molar-refractivity contribution is 0.341. The lowest BCUT2D eigenvalue weighted by Gasteiger charge is -2.13. The summed E-state index contributed by atoms with van der Waals surface area (Å²) < 4.78 is 32.3. The zero-order chi connectivity index (χ0) is 19.4. The van der Waals surface area contributed by atoms with Gasteiger partial charge in [-0.2, -0.15) is 0 Å². The number of sulfonamides is 1. The predicted octanol–water partition coefficient (Wildman–Crippen LogP) is 2.54. The molecule has 27 heavy (non-hydrogen) atoms. The molecule has 0 fully saturated rings. The predicted molar refractivity (Wildman–Crippen MR) is 104 cm³/mol. The number of pyridine rings is 1. The number of aromatic nitrogens is 3. The van der Waals surface area contributed by atoms with E-state index in [1.165, 1.54) is 6.20 Å². The SMILES string of the molecule is CCCS(=O)(=O)Nc1ccc(OCC)c(-c2nc3cccnc3c(=O)[nH]2)c1. The molecule has 0 aliphatic rings. The minimum Gasteiger partial charge on any atom is -0.493 e. The van der Waals surface area contributed by atoms with Gasteiger partial charge in [0.1, 0.15) is 11.6 Å². The van der Waals surface area contributed by atoms with Crippen LogP contribution in [0.3, 0.4) is 0 Å². The van der Waals surface area contributed by atoms with Crippen molar-refractivity contribution in [2.24, 2.45) is 0 Å². The summed E-state index contributed by atoms with van der Waals surface area (Å²) in [5.74, 6) is 0.787. The van der Waals surface area contributed by atoms with Crippen molar-refractivity contribution in [1.82, 2.24) is 15.0 Å². The van der Waals surface area contributed by atoms with Gasteiger partial charge in [0.05, 0.1) is 23.4 Å². The molecule has 0 aliphatic carbocycles. The first-order valence-electron chi connectivity index (χ1n) is 8.56. The Morgan fingerprint density at radius 1 is 1.22 bits per heavy atom. The van der Waals surface area contributed by atoms with E-state index in [1.807, 2.05) is 6.92 Å². The number of nitrogens with one attached hydrogen (secondary N) is 2. The quantitative estimate of drug-likeness (QED) is 0.643. The Labute approximate surface area is 156 Å². The second kappa shape index (κ2) is 7.75. The normalized spacial score (nSPS) is 11.5. The number of rotatable bonds is 7. The number of hydrogen-bond acceptors (Lipinski definition) is 6. The summed E-state index contributed by atoms with van der Waals surface area (Å²) in [5, 5.41) is 0. The van der Waals surface area contributed by atoms with Crippen LogP contribution in [0.2, 0.25) is 0 Å². The molecule has 2 N–H and O–H groups in total. The van der Waals surface area contributed by atoms with Gasteiger partial charge in [0.2, 0.25) is 10.0 Å². The van der Waals surface area contributed by atoms with Crippen molar-refractivity contribution in [3.63, 3.8) is 0 Å². The van der Waals surface area contributed by atoms with Gasteiger partial charge in [-0.25, -0.2) is 18.4 Å². The topological polar surface area (TPSA) is 114 Å². The lowest BCUT2D eigenvalue weighted by atomic mass is 10.1. The van der Waals surface area contributed by atoms with E-state index < -0.39 is 10.0 Å². The maximum absolute atomic E-state index is 12.3. The van der Waals surface area contributed by atoms with Crippen molar-refractivity contribution in [2.45, 2.75) is 20.3 Å². The summed E-state index contributed by atoms with van der Waals surface area (Å²) in [6.07, 6.45) is 2.03. The third-order valence-corrected chi connectivity index (χ3v) is 5.24. The van der Waals surface area contributed by atoms with Crippen LogP contribution in [0.15, 0.2) is 41.3 Å². The molecule has 0 radical (unpaired) electrons. The van der Waals surface area contributed by atoms with Gasteiger partial charge in [0.15, 0.2) is 5.52 Å². The molecule has 8 nitrogen and oxygen atoms in total. The monoisotopic (exact) mass is 388 g/mol. The smallest absolute Gasteiger partial charge is 0.277 e. The number of ether oxygens (including phenoxy) is 1. The maximum Gasteiger partial charge on any atom is 0.277 e. The summed E-state index contributed by atoms with van der Waals surface area (Å²) in [6, 6.07) is 8.24. The molecule has 0 spiro atoms. The number of H-pyrrole nitrogens is 1. The van der Waals surface area contributed by atoms with Crippen molar-refractivity contribution in [3.05, 3.63) is 46.9 Å². The highest BCUT2D eigenvalue weighted by atomic mass is 32.2. The van der Waals surface area contributed by atoms with E-state index in [1.54, 1.807) is 37.3 Å². The molecular formula is C18H20N4O4S. The number of nitrogens with zero attached hydrogens (tertiary/aromatic N) is 2. The van der Waals surface area contributed by atoms with Crippen LogP contribution in [0.5, 0.6) is 5.75 Å². The van der Waals surface area contributed by atoms with Crippen LogP contribution >= 0.6 is 0 Å². The minimum atomic E-state index is -3.44. The Hall–Kier alpha value is -2.94. The number of aromatic amines is 1. The highest BCUT2D eigenvalue weighted by molar-refractivity contribution is 7.92. The van der Waals surface area contributed by atoms with Crippen LogP contribution in [0.4, 0.5) is 5.69 Å². The Morgan fingerprint density at radius 2 is 2.04 bits per heavy atom. The third kappa shape index (κ3) is 4.25. The van der Waals surface area contributed by atoms with Gasteiger partial charge in [-0.3, -0.25) is 9.52 Å². The molecule has 2 heterocycles. The largest absolute Gasteiger partial charge is 0.493 e. The zero-order valence-corrected chi connectivity index (χ0v) is 15.8. The van der Waals surface area contributed by atoms with Crippen molar-refractivity contribution < 1.29 is 13.2 Å². The Morgan fingerprint density at radius 3 is 2.78 bits per heavy atom. The molecule has 2 aromatic heterocycles. The number of fused-ring (bicyclic) bond motifs is 1. The Bertz CT molecular complexity index is 1130. The van der Waals surface area contributed by atoms with E-state index in [4.69, 9.17) is 4.74 Å². The van der Waals surface area contributed by atoms with Gasteiger partial charge in [0, 0.05) is 11.9 Å². The van der Waals surface area contributed by atoms with Crippen LogP contribution in [0, 0.1) is 0 Å². The van der Waals surface area contributed by atoms with Crippen LogP contribution in [0.25, 0.3) is 22.4 Å². The fraction of sp³-hybridized carbons (Fsp3) is 0.278.